The zero-order chi connectivity index (χ0) is 23.9. The van der Waals surface area contributed by atoms with Crippen molar-refractivity contribution in [1.29, 1.82) is 0 Å². The largest absolute Gasteiger partial charge is 0.369 e. The van der Waals surface area contributed by atoms with Gasteiger partial charge in [0.05, 0.1) is 5.69 Å². The Morgan fingerprint density at radius 1 is 0.771 bits per heavy atom. The fraction of sp³-hybridized carbons (Fsp3) is 0.276. The molecule has 5 rings (SSSR count). The Morgan fingerprint density at radius 2 is 1.49 bits per heavy atom. The van der Waals surface area contributed by atoms with Gasteiger partial charge in [0, 0.05) is 74.4 Å². The Bertz CT molecular complexity index is 1270. The van der Waals surface area contributed by atoms with Gasteiger partial charge in [-0.3, -0.25) is 14.7 Å². The Balaban J connectivity index is 1.26. The van der Waals surface area contributed by atoms with Crippen molar-refractivity contribution in [2.24, 2.45) is 0 Å². The predicted octanol–water partition coefficient (Wildman–Crippen LogP) is 4.11. The van der Waals surface area contributed by atoms with Crippen LogP contribution in [-0.4, -0.2) is 52.4 Å². The maximum atomic E-state index is 13.3. The molecule has 4 aromatic rings. The molecule has 0 amide bonds. The fourth-order valence-corrected chi connectivity index (χ4v) is 4.64. The third-order valence-corrected chi connectivity index (χ3v) is 6.55. The molecule has 0 radical (unpaired) electrons. The molecule has 0 unspecified atom stereocenters. The Hall–Kier alpha value is -3.77. The van der Waals surface area contributed by atoms with Crippen LogP contribution in [0.1, 0.15) is 17.7 Å². The third-order valence-electron chi connectivity index (χ3n) is 6.55. The number of anilines is 1. The van der Waals surface area contributed by atoms with Crippen LogP contribution in [-0.2, 0) is 13.0 Å². The average molecular weight is 466 g/mol. The lowest BCUT2D eigenvalue weighted by Gasteiger charge is -2.36. The summed E-state index contributed by atoms with van der Waals surface area (Å²) in [6.45, 7) is 5.69. The first-order valence-corrected chi connectivity index (χ1v) is 12.3. The van der Waals surface area contributed by atoms with Crippen LogP contribution in [0.4, 0.5) is 5.69 Å². The van der Waals surface area contributed by atoms with Gasteiger partial charge in [-0.2, -0.15) is 5.10 Å². The average Bonchev–Trinajstić information content (AvgIpc) is 2.92. The van der Waals surface area contributed by atoms with Crippen LogP contribution < -0.4 is 10.5 Å². The van der Waals surface area contributed by atoms with Crippen molar-refractivity contribution in [3.63, 3.8) is 0 Å². The van der Waals surface area contributed by atoms with E-state index in [-0.39, 0.29) is 5.56 Å². The molecule has 1 saturated heterocycles. The van der Waals surface area contributed by atoms with Gasteiger partial charge in [-0.25, -0.2) is 4.68 Å². The summed E-state index contributed by atoms with van der Waals surface area (Å²) in [4.78, 5) is 22.6. The molecule has 0 spiro atoms. The number of hydrogen-bond donors (Lipinski definition) is 0. The molecule has 6 heteroatoms. The monoisotopic (exact) mass is 465 g/mol. The molecule has 1 aliphatic rings. The molecule has 0 atom stereocenters. The van der Waals surface area contributed by atoms with Crippen LogP contribution in [0.25, 0.3) is 11.3 Å². The minimum atomic E-state index is -0.0239. The summed E-state index contributed by atoms with van der Waals surface area (Å²) in [5.74, 6) is 0. The highest BCUT2D eigenvalue weighted by atomic mass is 16.1. The van der Waals surface area contributed by atoms with E-state index in [0.29, 0.717) is 13.0 Å². The van der Waals surface area contributed by atoms with E-state index >= 15 is 0 Å². The van der Waals surface area contributed by atoms with E-state index < -0.39 is 0 Å². The van der Waals surface area contributed by atoms with Gasteiger partial charge >= 0.3 is 0 Å². The molecule has 0 N–H and O–H groups in total. The topological polar surface area (TPSA) is 54.3 Å². The maximum absolute atomic E-state index is 13.3. The van der Waals surface area contributed by atoms with Gasteiger partial charge in [-0.05, 0) is 36.8 Å². The van der Waals surface area contributed by atoms with Crippen molar-refractivity contribution < 1.29 is 0 Å². The molecular weight excluding hydrogens is 434 g/mol. The van der Waals surface area contributed by atoms with Crippen molar-refractivity contribution in [1.82, 2.24) is 19.7 Å². The smallest absolute Gasteiger partial charge is 0.270 e. The van der Waals surface area contributed by atoms with Gasteiger partial charge in [-0.15, -0.1) is 0 Å². The lowest BCUT2D eigenvalue weighted by atomic mass is 10.1. The molecule has 178 valence electrons. The summed E-state index contributed by atoms with van der Waals surface area (Å²) in [6, 6.07) is 28.4. The number of aromatic nitrogens is 3. The number of nitrogens with zero attached hydrogens (tertiary/aromatic N) is 5. The first kappa shape index (κ1) is 23.0. The summed E-state index contributed by atoms with van der Waals surface area (Å²) >= 11 is 0. The van der Waals surface area contributed by atoms with Crippen LogP contribution in [0.15, 0.2) is 95.9 Å². The van der Waals surface area contributed by atoms with E-state index in [9.17, 15) is 4.79 Å². The zero-order valence-corrected chi connectivity index (χ0v) is 20.0. The molecule has 2 aromatic heterocycles. The minimum Gasteiger partial charge on any atom is -0.369 e. The third kappa shape index (κ3) is 5.84. The highest BCUT2D eigenvalue weighted by Crippen LogP contribution is 2.18. The van der Waals surface area contributed by atoms with E-state index in [1.54, 1.807) is 10.9 Å². The minimum absolute atomic E-state index is 0.0239. The molecule has 0 bridgehead atoms. The number of pyridine rings is 1. The normalized spacial score (nSPS) is 14.2. The van der Waals surface area contributed by atoms with Crippen molar-refractivity contribution in [3.8, 4) is 11.3 Å². The van der Waals surface area contributed by atoms with E-state index in [0.717, 1.165) is 61.7 Å². The molecule has 0 aliphatic carbocycles. The van der Waals surface area contributed by atoms with Gasteiger partial charge in [0.15, 0.2) is 0 Å². The van der Waals surface area contributed by atoms with Gasteiger partial charge in [0.1, 0.15) is 0 Å². The molecule has 1 fully saturated rings. The van der Waals surface area contributed by atoms with Crippen LogP contribution in [0.3, 0.4) is 0 Å². The van der Waals surface area contributed by atoms with Crippen molar-refractivity contribution in [3.05, 3.63) is 113 Å². The number of rotatable bonds is 8. The summed E-state index contributed by atoms with van der Waals surface area (Å²) in [5.41, 5.74) is 4.73. The lowest BCUT2D eigenvalue weighted by Crippen LogP contribution is -2.46. The Morgan fingerprint density at radius 3 is 2.20 bits per heavy atom. The Kier molecular flexibility index (Phi) is 7.29. The molecule has 6 nitrogen and oxygen atoms in total. The van der Waals surface area contributed by atoms with Crippen LogP contribution in [0.2, 0.25) is 0 Å². The lowest BCUT2D eigenvalue weighted by molar-refractivity contribution is 0.248. The second-order valence-electron chi connectivity index (χ2n) is 8.96. The molecule has 35 heavy (non-hydrogen) atoms. The van der Waals surface area contributed by atoms with Crippen molar-refractivity contribution in [2.75, 3.05) is 37.6 Å². The second-order valence-corrected chi connectivity index (χ2v) is 8.96. The highest BCUT2D eigenvalue weighted by molar-refractivity contribution is 5.59. The van der Waals surface area contributed by atoms with Crippen molar-refractivity contribution >= 4 is 5.69 Å². The summed E-state index contributed by atoms with van der Waals surface area (Å²) in [7, 11) is 0. The Labute approximate surface area is 206 Å². The number of piperazine rings is 1. The van der Waals surface area contributed by atoms with E-state index in [1.807, 2.05) is 54.6 Å². The van der Waals surface area contributed by atoms with Gasteiger partial charge in [0.25, 0.3) is 5.56 Å². The molecular formula is C29H31N5O. The van der Waals surface area contributed by atoms with Crippen molar-refractivity contribution in [2.45, 2.75) is 19.4 Å². The fourth-order valence-electron chi connectivity index (χ4n) is 4.64. The molecule has 1 aliphatic heterocycles. The SMILES string of the molecule is O=c1c(Cc2ccccn2)cc(-c2ccccc2)nn1CCCN1CCN(c2ccccc2)CC1. The van der Waals surface area contributed by atoms with E-state index in [1.165, 1.54) is 5.69 Å². The second kappa shape index (κ2) is 11.1. The van der Waals surface area contributed by atoms with Crippen LogP contribution in [0, 0.1) is 0 Å². The quantitative estimate of drug-likeness (QED) is 0.392. The first-order chi connectivity index (χ1) is 17.3. The predicted molar refractivity (Wildman–Crippen MR) is 141 cm³/mol. The number of aryl methyl sites for hydroxylation is 1. The van der Waals surface area contributed by atoms with Crippen LogP contribution >= 0.6 is 0 Å². The number of para-hydroxylation sites is 1. The van der Waals surface area contributed by atoms with E-state index in [2.05, 4.69) is 45.1 Å². The zero-order valence-electron chi connectivity index (χ0n) is 20.0. The summed E-state index contributed by atoms with van der Waals surface area (Å²) < 4.78 is 1.65. The summed E-state index contributed by atoms with van der Waals surface area (Å²) in [5, 5.41) is 4.74. The van der Waals surface area contributed by atoms with Crippen LogP contribution in [0.5, 0.6) is 0 Å². The molecule has 0 saturated carbocycles. The van der Waals surface area contributed by atoms with Gasteiger partial charge in [-0.1, -0.05) is 54.6 Å². The maximum Gasteiger partial charge on any atom is 0.270 e. The number of benzene rings is 2. The van der Waals surface area contributed by atoms with E-state index in [4.69, 9.17) is 5.10 Å². The van der Waals surface area contributed by atoms with Gasteiger partial charge in [0.2, 0.25) is 0 Å². The summed E-state index contributed by atoms with van der Waals surface area (Å²) in [6.07, 6.45) is 3.16. The molecule has 3 heterocycles. The molecule has 2 aromatic carbocycles. The number of hydrogen-bond acceptors (Lipinski definition) is 5. The first-order valence-electron chi connectivity index (χ1n) is 12.3. The standard InChI is InChI=1S/C29H31N5O/c35-29-25(22-26-12-7-8-15-30-26)23-28(24-10-3-1-4-11-24)31-34(29)17-9-16-32-18-20-33(21-19-32)27-13-5-2-6-14-27/h1-8,10-15,23H,9,16-22H2. The van der Waals surface area contributed by atoms with Gasteiger partial charge < -0.3 is 4.90 Å². The highest BCUT2D eigenvalue weighted by Gasteiger charge is 2.17.